The molecule has 0 fully saturated rings. The molecule has 3 aromatic carbocycles. The highest BCUT2D eigenvalue weighted by molar-refractivity contribution is 7.80. The Balaban J connectivity index is 1.73. The van der Waals surface area contributed by atoms with E-state index in [4.69, 9.17) is 4.42 Å². The van der Waals surface area contributed by atoms with Gasteiger partial charge in [0.1, 0.15) is 5.76 Å². The average Bonchev–Trinajstić information content (AvgIpc) is 3.25. The van der Waals surface area contributed by atoms with Gasteiger partial charge in [-0.1, -0.05) is 84.9 Å². The molecule has 0 amide bonds. The van der Waals surface area contributed by atoms with Crippen LogP contribution in [0.5, 0.6) is 0 Å². The molecule has 4 aromatic rings. The Kier molecular flexibility index (Phi) is 5.57. The molecule has 0 atom stereocenters. The molecule has 27 heavy (non-hydrogen) atoms. The highest BCUT2D eigenvalue weighted by atomic mass is 31.1. The molecule has 132 valence electrons. The van der Waals surface area contributed by atoms with E-state index in [0.717, 1.165) is 11.3 Å². The Morgan fingerprint density at radius 3 is 1.96 bits per heavy atom. The van der Waals surface area contributed by atoms with Gasteiger partial charge < -0.3 is 4.42 Å². The van der Waals surface area contributed by atoms with Gasteiger partial charge in [-0.3, -0.25) is 4.99 Å². The minimum atomic E-state index is -0.643. The number of rotatable bonds is 6. The minimum Gasteiger partial charge on any atom is -0.467 e. The van der Waals surface area contributed by atoms with Gasteiger partial charge in [0.25, 0.3) is 0 Å². The topological polar surface area (TPSA) is 25.5 Å². The Hall–Kier alpha value is -2.96. The Labute approximate surface area is 161 Å². The molecule has 0 aliphatic rings. The standard InChI is InChI=1S/C24H20NOP/c1-3-12-22(13-4-1)27(23-14-5-2-6-15-23)24-16-8-7-10-20(24)18-25-19-21-11-9-17-26-21/h1-18H,19H2. The van der Waals surface area contributed by atoms with Crippen LogP contribution in [0.3, 0.4) is 0 Å². The fraction of sp³-hybridized carbons (Fsp3) is 0.0417. The zero-order chi connectivity index (χ0) is 18.3. The van der Waals surface area contributed by atoms with Crippen LogP contribution in [0.2, 0.25) is 0 Å². The minimum absolute atomic E-state index is 0.552. The highest BCUT2D eigenvalue weighted by Gasteiger charge is 2.18. The molecule has 0 aliphatic carbocycles. The van der Waals surface area contributed by atoms with Gasteiger partial charge in [0.05, 0.1) is 12.8 Å². The van der Waals surface area contributed by atoms with Gasteiger partial charge in [-0.05, 0) is 36.0 Å². The van der Waals surface area contributed by atoms with E-state index in [0.29, 0.717) is 6.54 Å². The van der Waals surface area contributed by atoms with E-state index >= 15 is 0 Å². The molecule has 0 aliphatic heterocycles. The lowest BCUT2D eigenvalue weighted by atomic mass is 10.2. The van der Waals surface area contributed by atoms with Crippen molar-refractivity contribution in [3.8, 4) is 0 Å². The monoisotopic (exact) mass is 369 g/mol. The summed E-state index contributed by atoms with van der Waals surface area (Å²) in [7, 11) is -0.643. The largest absolute Gasteiger partial charge is 0.467 e. The third kappa shape index (κ3) is 4.24. The van der Waals surface area contributed by atoms with Crippen molar-refractivity contribution in [3.63, 3.8) is 0 Å². The highest BCUT2D eigenvalue weighted by Crippen LogP contribution is 2.33. The van der Waals surface area contributed by atoms with Crippen molar-refractivity contribution in [1.29, 1.82) is 0 Å². The second-order valence-corrected chi connectivity index (χ2v) is 8.30. The van der Waals surface area contributed by atoms with Gasteiger partial charge in [0.15, 0.2) is 0 Å². The Morgan fingerprint density at radius 2 is 1.33 bits per heavy atom. The van der Waals surface area contributed by atoms with Gasteiger partial charge in [-0.25, -0.2) is 0 Å². The second kappa shape index (κ2) is 8.62. The van der Waals surface area contributed by atoms with Crippen molar-refractivity contribution in [2.24, 2.45) is 4.99 Å². The summed E-state index contributed by atoms with van der Waals surface area (Å²) in [6, 6.07) is 33.8. The first-order chi connectivity index (χ1) is 13.4. The van der Waals surface area contributed by atoms with Crippen LogP contribution in [0, 0.1) is 0 Å². The summed E-state index contributed by atoms with van der Waals surface area (Å²) in [5.41, 5.74) is 1.16. The maximum atomic E-state index is 5.38. The molecule has 1 aromatic heterocycles. The fourth-order valence-electron chi connectivity index (χ4n) is 3.02. The summed E-state index contributed by atoms with van der Waals surface area (Å²) < 4.78 is 5.38. The van der Waals surface area contributed by atoms with Crippen LogP contribution in [0.25, 0.3) is 0 Å². The predicted octanol–water partition coefficient (Wildman–Crippen LogP) is 4.66. The molecule has 0 spiro atoms. The number of furan rings is 1. The number of benzene rings is 3. The van der Waals surface area contributed by atoms with Crippen LogP contribution >= 0.6 is 7.92 Å². The Bertz CT molecular complexity index is 956. The van der Waals surface area contributed by atoms with Gasteiger partial charge in [0, 0.05) is 11.8 Å². The second-order valence-electron chi connectivity index (χ2n) is 6.11. The molecular formula is C24H20NOP. The first-order valence-corrected chi connectivity index (χ1v) is 10.3. The molecule has 3 heteroatoms. The number of nitrogens with zero attached hydrogens (tertiary/aromatic N) is 1. The van der Waals surface area contributed by atoms with Crippen molar-refractivity contribution in [2.75, 3.05) is 0 Å². The van der Waals surface area contributed by atoms with E-state index in [9.17, 15) is 0 Å². The van der Waals surface area contributed by atoms with E-state index in [2.05, 4.69) is 89.9 Å². The van der Waals surface area contributed by atoms with Gasteiger partial charge in [-0.2, -0.15) is 0 Å². The Morgan fingerprint density at radius 1 is 0.704 bits per heavy atom. The molecule has 2 nitrogen and oxygen atoms in total. The van der Waals surface area contributed by atoms with Gasteiger partial charge >= 0.3 is 0 Å². The number of hydrogen-bond donors (Lipinski definition) is 0. The summed E-state index contributed by atoms with van der Waals surface area (Å²) in [6.07, 6.45) is 3.65. The molecule has 0 radical (unpaired) electrons. The summed E-state index contributed by atoms with van der Waals surface area (Å²) in [5.74, 6) is 0.872. The van der Waals surface area contributed by atoms with Crippen LogP contribution in [0.4, 0.5) is 0 Å². The lowest BCUT2D eigenvalue weighted by molar-refractivity contribution is 0.513. The van der Waals surface area contributed by atoms with Crippen molar-refractivity contribution in [3.05, 3.63) is 115 Å². The molecule has 4 rings (SSSR count). The SMILES string of the molecule is C(=NCc1ccco1)c1ccccc1P(c1ccccc1)c1ccccc1. The van der Waals surface area contributed by atoms with Gasteiger partial charge in [-0.15, -0.1) is 0 Å². The van der Waals surface area contributed by atoms with Crippen LogP contribution in [0.15, 0.2) is 113 Å². The maximum absolute atomic E-state index is 5.38. The van der Waals surface area contributed by atoms with Crippen LogP contribution in [0.1, 0.15) is 11.3 Å². The fourth-order valence-corrected chi connectivity index (χ4v) is 5.44. The zero-order valence-corrected chi connectivity index (χ0v) is 15.8. The van der Waals surface area contributed by atoms with E-state index in [1.54, 1.807) is 6.26 Å². The average molecular weight is 369 g/mol. The number of aliphatic imine (C=N–C) groups is 1. The predicted molar refractivity (Wildman–Crippen MR) is 115 cm³/mol. The summed E-state index contributed by atoms with van der Waals surface area (Å²) in [4.78, 5) is 4.61. The third-order valence-electron chi connectivity index (χ3n) is 4.26. The van der Waals surface area contributed by atoms with Crippen molar-refractivity contribution in [1.82, 2.24) is 0 Å². The van der Waals surface area contributed by atoms with Crippen molar-refractivity contribution in [2.45, 2.75) is 6.54 Å². The van der Waals surface area contributed by atoms with Crippen LogP contribution in [-0.2, 0) is 6.54 Å². The van der Waals surface area contributed by atoms with E-state index < -0.39 is 7.92 Å². The quantitative estimate of drug-likeness (QED) is 0.359. The molecule has 0 saturated heterocycles. The van der Waals surface area contributed by atoms with Crippen molar-refractivity contribution < 1.29 is 4.42 Å². The molecule has 0 N–H and O–H groups in total. The molecule has 0 bridgehead atoms. The first kappa shape index (κ1) is 17.5. The van der Waals surface area contributed by atoms with Crippen LogP contribution < -0.4 is 15.9 Å². The summed E-state index contributed by atoms with van der Waals surface area (Å²) in [6.45, 7) is 0.552. The maximum Gasteiger partial charge on any atom is 0.125 e. The molecule has 0 unspecified atom stereocenters. The van der Waals surface area contributed by atoms with E-state index in [1.165, 1.54) is 15.9 Å². The van der Waals surface area contributed by atoms with Crippen LogP contribution in [-0.4, -0.2) is 6.21 Å². The third-order valence-corrected chi connectivity index (χ3v) is 6.78. The smallest absolute Gasteiger partial charge is 0.125 e. The number of hydrogen-bond acceptors (Lipinski definition) is 2. The van der Waals surface area contributed by atoms with Gasteiger partial charge in [0.2, 0.25) is 0 Å². The van der Waals surface area contributed by atoms with E-state index in [-0.39, 0.29) is 0 Å². The summed E-state index contributed by atoms with van der Waals surface area (Å²) in [5, 5.41) is 3.99. The molecular weight excluding hydrogens is 349 g/mol. The lowest BCUT2D eigenvalue weighted by Crippen LogP contribution is -2.23. The van der Waals surface area contributed by atoms with E-state index in [1.807, 2.05) is 18.3 Å². The normalized spacial score (nSPS) is 11.3. The first-order valence-electron chi connectivity index (χ1n) is 8.93. The molecule has 1 heterocycles. The lowest BCUT2D eigenvalue weighted by Gasteiger charge is -2.21. The van der Waals surface area contributed by atoms with Crippen molar-refractivity contribution >= 4 is 30.0 Å². The summed E-state index contributed by atoms with van der Waals surface area (Å²) >= 11 is 0. The zero-order valence-electron chi connectivity index (χ0n) is 14.9. The molecule has 0 saturated carbocycles.